The number of methoxy groups -OCH3 is 4. The Morgan fingerprint density at radius 1 is 0.931 bits per heavy atom. The van der Waals surface area contributed by atoms with Gasteiger partial charge in [-0.1, -0.05) is 23.5 Å². The summed E-state index contributed by atoms with van der Waals surface area (Å²) in [5.41, 5.74) is 1.41. The van der Waals surface area contributed by atoms with Crippen molar-refractivity contribution < 1.29 is 23.7 Å². The average molecular weight is 415 g/mol. The predicted octanol–water partition coefficient (Wildman–Crippen LogP) is 3.38. The summed E-state index contributed by atoms with van der Waals surface area (Å²) in [6.07, 6.45) is 3.12. The zero-order valence-corrected chi connectivity index (χ0v) is 17.4. The maximum atomic E-state index is 12.5. The van der Waals surface area contributed by atoms with E-state index in [4.69, 9.17) is 18.9 Å². The SMILES string of the molecule is COc1ccc(/C=C/C(=O)Cn2c(=O)sc3cc(OC)c(OC)cc32)cc1OC. The van der Waals surface area contributed by atoms with Gasteiger partial charge in [-0.3, -0.25) is 14.2 Å². The number of carbonyl (C=O) groups is 1. The lowest BCUT2D eigenvalue weighted by atomic mass is 10.1. The van der Waals surface area contributed by atoms with Gasteiger partial charge in [-0.15, -0.1) is 0 Å². The Labute approximate surface area is 171 Å². The first-order valence-corrected chi connectivity index (χ1v) is 9.50. The maximum Gasteiger partial charge on any atom is 0.308 e. The van der Waals surface area contributed by atoms with Crippen LogP contribution in [-0.2, 0) is 11.3 Å². The summed E-state index contributed by atoms with van der Waals surface area (Å²) in [7, 11) is 6.17. The summed E-state index contributed by atoms with van der Waals surface area (Å²) >= 11 is 1.06. The highest BCUT2D eigenvalue weighted by Crippen LogP contribution is 2.33. The van der Waals surface area contributed by atoms with Crippen molar-refractivity contribution in [1.82, 2.24) is 4.57 Å². The molecule has 3 rings (SSSR count). The Kier molecular flexibility index (Phi) is 6.23. The first-order valence-electron chi connectivity index (χ1n) is 8.69. The van der Waals surface area contributed by atoms with Crippen molar-refractivity contribution in [3.05, 3.63) is 51.6 Å². The molecule has 7 nitrogen and oxygen atoms in total. The fourth-order valence-electron chi connectivity index (χ4n) is 2.89. The van der Waals surface area contributed by atoms with Crippen LogP contribution in [0.2, 0.25) is 0 Å². The first-order chi connectivity index (χ1) is 14.0. The molecule has 0 aliphatic carbocycles. The molecule has 0 atom stereocenters. The molecular formula is C21H21NO6S. The summed E-state index contributed by atoms with van der Waals surface area (Å²) in [5.74, 6) is 2.00. The highest BCUT2D eigenvalue weighted by atomic mass is 32.1. The number of nitrogens with zero attached hydrogens (tertiary/aromatic N) is 1. The molecule has 1 heterocycles. The average Bonchev–Trinajstić information content (AvgIpc) is 3.04. The molecule has 0 saturated heterocycles. The first kappa shape index (κ1) is 20.5. The third-order valence-electron chi connectivity index (χ3n) is 4.36. The smallest absolute Gasteiger partial charge is 0.308 e. The van der Waals surface area contributed by atoms with Gasteiger partial charge in [0.15, 0.2) is 28.8 Å². The number of ketones is 1. The predicted molar refractivity (Wildman–Crippen MR) is 113 cm³/mol. The molecule has 0 aliphatic rings. The van der Waals surface area contributed by atoms with Crippen LogP contribution in [0, 0.1) is 0 Å². The van der Waals surface area contributed by atoms with E-state index in [0.717, 1.165) is 21.6 Å². The number of rotatable bonds is 8. The highest BCUT2D eigenvalue weighted by molar-refractivity contribution is 7.16. The lowest BCUT2D eigenvalue weighted by Crippen LogP contribution is -2.17. The van der Waals surface area contributed by atoms with Crippen molar-refractivity contribution in [2.75, 3.05) is 28.4 Å². The van der Waals surface area contributed by atoms with Crippen LogP contribution < -0.4 is 23.8 Å². The van der Waals surface area contributed by atoms with Crippen LogP contribution in [0.1, 0.15) is 5.56 Å². The Hall–Kier alpha value is -3.26. The third kappa shape index (κ3) is 4.27. The van der Waals surface area contributed by atoms with Gasteiger partial charge >= 0.3 is 4.87 Å². The fraction of sp³-hybridized carbons (Fsp3) is 0.238. The van der Waals surface area contributed by atoms with Crippen LogP contribution >= 0.6 is 11.3 Å². The van der Waals surface area contributed by atoms with E-state index in [1.807, 2.05) is 6.07 Å². The molecule has 0 amide bonds. The van der Waals surface area contributed by atoms with E-state index in [1.54, 1.807) is 44.6 Å². The minimum atomic E-state index is -0.219. The quantitative estimate of drug-likeness (QED) is 0.525. The van der Waals surface area contributed by atoms with Crippen molar-refractivity contribution in [3.8, 4) is 23.0 Å². The zero-order valence-electron chi connectivity index (χ0n) is 16.6. The summed E-state index contributed by atoms with van der Waals surface area (Å²) in [6, 6.07) is 8.79. The topological polar surface area (TPSA) is 76.0 Å². The lowest BCUT2D eigenvalue weighted by Gasteiger charge is -2.08. The molecule has 0 fully saturated rings. The van der Waals surface area contributed by atoms with E-state index < -0.39 is 0 Å². The lowest BCUT2D eigenvalue weighted by molar-refractivity contribution is -0.115. The van der Waals surface area contributed by atoms with Gasteiger partial charge in [-0.25, -0.2) is 0 Å². The molecular weight excluding hydrogens is 394 g/mol. The molecule has 152 valence electrons. The Balaban J connectivity index is 1.85. The van der Waals surface area contributed by atoms with Crippen molar-refractivity contribution in [2.24, 2.45) is 0 Å². The zero-order chi connectivity index (χ0) is 21.0. The van der Waals surface area contributed by atoms with E-state index in [-0.39, 0.29) is 17.2 Å². The number of ether oxygens (including phenoxy) is 4. The molecule has 3 aromatic rings. The van der Waals surface area contributed by atoms with Crippen LogP contribution in [-0.4, -0.2) is 38.8 Å². The molecule has 1 aromatic heterocycles. The van der Waals surface area contributed by atoms with Gasteiger partial charge in [0.1, 0.15) is 0 Å². The normalized spacial score (nSPS) is 11.0. The van der Waals surface area contributed by atoms with Crippen molar-refractivity contribution in [3.63, 3.8) is 0 Å². The second-order valence-electron chi connectivity index (χ2n) is 6.04. The summed E-state index contributed by atoms with van der Waals surface area (Å²) in [6.45, 7) is -0.0713. The number of hydrogen-bond donors (Lipinski definition) is 0. The number of thiazole rings is 1. The van der Waals surface area contributed by atoms with Gasteiger partial charge in [0.25, 0.3) is 0 Å². The van der Waals surface area contributed by atoms with Crippen LogP contribution in [0.5, 0.6) is 23.0 Å². The summed E-state index contributed by atoms with van der Waals surface area (Å²) < 4.78 is 23.2. The van der Waals surface area contributed by atoms with Crippen LogP contribution in [0.4, 0.5) is 0 Å². The molecule has 8 heteroatoms. The minimum Gasteiger partial charge on any atom is -0.493 e. The number of hydrogen-bond acceptors (Lipinski definition) is 7. The fourth-order valence-corrected chi connectivity index (χ4v) is 3.79. The molecule has 0 unspecified atom stereocenters. The van der Waals surface area contributed by atoms with E-state index in [9.17, 15) is 9.59 Å². The maximum absolute atomic E-state index is 12.5. The largest absolute Gasteiger partial charge is 0.493 e. The molecule has 0 spiro atoms. The molecule has 0 aliphatic heterocycles. The monoisotopic (exact) mass is 415 g/mol. The molecule has 0 bridgehead atoms. The van der Waals surface area contributed by atoms with Gasteiger partial charge < -0.3 is 18.9 Å². The molecule has 0 N–H and O–H groups in total. The number of aromatic nitrogens is 1. The molecule has 29 heavy (non-hydrogen) atoms. The minimum absolute atomic E-state index is 0.0713. The van der Waals surface area contributed by atoms with Gasteiger partial charge in [-0.05, 0) is 23.8 Å². The van der Waals surface area contributed by atoms with E-state index in [0.29, 0.717) is 28.5 Å². The Bertz CT molecular complexity index is 1130. The highest BCUT2D eigenvalue weighted by Gasteiger charge is 2.14. The van der Waals surface area contributed by atoms with Gasteiger partial charge in [0.2, 0.25) is 0 Å². The number of carbonyl (C=O) groups excluding carboxylic acids is 1. The summed E-state index contributed by atoms with van der Waals surface area (Å²) in [5, 5.41) is 0. The summed E-state index contributed by atoms with van der Waals surface area (Å²) in [4.78, 5) is 24.7. The van der Waals surface area contributed by atoms with Crippen LogP contribution in [0.3, 0.4) is 0 Å². The third-order valence-corrected chi connectivity index (χ3v) is 5.30. The Morgan fingerprint density at radius 3 is 2.21 bits per heavy atom. The van der Waals surface area contributed by atoms with Crippen molar-refractivity contribution in [2.45, 2.75) is 6.54 Å². The van der Waals surface area contributed by atoms with Gasteiger partial charge in [0.05, 0.1) is 45.2 Å². The van der Waals surface area contributed by atoms with E-state index in [1.165, 1.54) is 24.9 Å². The van der Waals surface area contributed by atoms with Crippen molar-refractivity contribution >= 4 is 33.4 Å². The van der Waals surface area contributed by atoms with Gasteiger partial charge in [-0.2, -0.15) is 0 Å². The Morgan fingerprint density at radius 2 is 1.55 bits per heavy atom. The van der Waals surface area contributed by atoms with E-state index >= 15 is 0 Å². The van der Waals surface area contributed by atoms with Gasteiger partial charge in [0, 0.05) is 12.1 Å². The molecule has 0 saturated carbocycles. The number of fused-ring (bicyclic) bond motifs is 1. The van der Waals surface area contributed by atoms with Crippen LogP contribution in [0.15, 0.2) is 41.2 Å². The molecule has 0 radical (unpaired) electrons. The standard InChI is InChI=1S/C21H21NO6S/c1-25-16-8-6-13(9-17(16)26-2)5-7-14(23)12-22-15-10-18(27-3)19(28-4)11-20(15)29-21(22)24/h5-11H,12H2,1-4H3/b7-5+. The second-order valence-corrected chi connectivity index (χ2v) is 7.04. The van der Waals surface area contributed by atoms with Crippen LogP contribution in [0.25, 0.3) is 16.3 Å². The second kappa shape index (κ2) is 8.83. The number of allylic oxidation sites excluding steroid dienone is 1. The number of benzene rings is 2. The van der Waals surface area contributed by atoms with E-state index in [2.05, 4.69) is 0 Å². The van der Waals surface area contributed by atoms with Crippen molar-refractivity contribution in [1.29, 1.82) is 0 Å². The molecule has 2 aromatic carbocycles.